The Bertz CT molecular complexity index is 869. The number of rotatable bonds is 3. The smallest absolute Gasteiger partial charge is 0.274 e. The van der Waals surface area contributed by atoms with Crippen LogP contribution in [0, 0.1) is 0 Å². The van der Waals surface area contributed by atoms with Gasteiger partial charge >= 0.3 is 0 Å². The highest BCUT2D eigenvalue weighted by Crippen LogP contribution is 2.22. The molecular formula is C17H19N5O2. The second-order valence-electron chi connectivity index (χ2n) is 6.03. The number of H-pyrrole nitrogens is 1. The highest BCUT2D eigenvalue weighted by atomic mass is 16.5. The second kappa shape index (κ2) is 6.09. The molecular weight excluding hydrogens is 306 g/mol. The third-order valence-electron chi connectivity index (χ3n) is 4.55. The largest absolute Gasteiger partial charge is 0.377 e. The number of hydrogen-bond donors (Lipinski definition) is 1. The molecule has 7 nitrogen and oxygen atoms in total. The zero-order valence-electron chi connectivity index (χ0n) is 13.5. The van der Waals surface area contributed by atoms with Crippen molar-refractivity contribution in [1.29, 1.82) is 0 Å². The van der Waals surface area contributed by atoms with Crippen LogP contribution in [0.3, 0.4) is 0 Å². The number of fused-ring (bicyclic) bond motifs is 1. The molecule has 3 aromatic rings. The van der Waals surface area contributed by atoms with Crippen LogP contribution in [0.2, 0.25) is 0 Å². The molecule has 1 atom stereocenters. The van der Waals surface area contributed by atoms with E-state index in [9.17, 15) is 4.79 Å². The Hall–Kier alpha value is -2.67. The Labute approximate surface area is 139 Å². The van der Waals surface area contributed by atoms with E-state index >= 15 is 0 Å². The van der Waals surface area contributed by atoms with Crippen molar-refractivity contribution in [2.75, 3.05) is 19.8 Å². The highest BCUT2D eigenvalue weighted by molar-refractivity contribution is 5.92. The molecule has 1 aliphatic rings. The zero-order valence-corrected chi connectivity index (χ0v) is 13.5. The maximum atomic E-state index is 12.8. The Morgan fingerprint density at radius 2 is 2.29 bits per heavy atom. The molecule has 2 aromatic heterocycles. The molecule has 1 N–H and O–H groups in total. The summed E-state index contributed by atoms with van der Waals surface area (Å²) in [5, 5.41) is 8.86. The Kier molecular flexibility index (Phi) is 3.78. The first-order chi connectivity index (χ1) is 11.7. The first-order valence-electron chi connectivity index (χ1n) is 8.02. The molecule has 124 valence electrons. The summed E-state index contributed by atoms with van der Waals surface area (Å²) in [7, 11) is 1.73. The standard InChI is InChI=1S/C17H19N5O2/c1-21-16(10-19-20-21)17(23)22-6-7-24-11-13(22)8-12-9-18-15-5-3-2-4-14(12)15/h2-5,9-10,13,18H,6-8,11H2,1H3. The van der Waals surface area contributed by atoms with Crippen molar-refractivity contribution in [3.05, 3.63) is 47.9 Å². The van der Waals surface area contributed by atoms with Crippen molar-refractivity contribution in [3.8, 4) is 0 Å². The lowest BCUT2D eigenvalue weighted by molar-refractivity contribution is -0.00212. The molecule has 1 unspecified atom stereocenters. The van der Waals surface area contributed by atoms with Crippen LogP contribution < -0.4 is 0 Å². The quantitative estimate of drug-likeness (QED) is 0.789. The number of morpholine rings is 1. The normalized spacial score (nSPS) is 18.2. The average molecular weight is 325 g/mol. The van der Waals surface area contributed by atoms with Gasteiger partial charge < -0.3 is 14.6 Å². The maximum Gasteiger partial charge on any atom is 0.274 e. The van der Waals surface area contributed by atoms with Crippen molar-refractivity contribution < 1.29 is 9.53 Å². The van der Waals surface area contributed by atoms with Crippen LogP contribution in [-0.2, 0) is 18.2 Å². The molecule has 7 heteroatoms. The average Bonchev–Trinajstić information content (AvgIpc) is 3.22. The van der Waals surface area contributed by atoms with Crippen molar-refractivity contribution in [2.24, 2.45) is 7.05 Å². The van der Waals surface area contributed by atoms with Gasteiger partial charge in [0.05, 0.1) is 25.5 Å². The van der Waals surface area contributed by atoms with Crippen molar-refractivity contribution >= 4 is 16.8 Å². The van der Waals surface area contributed by atoms with Gasteiger partial charge in [-0.15, -0.1) is 5.10 Å². The number of hydrogen-bond acceptors (Lipinski definition) is 4. The van der Waals surface area contributed by atoms with Gasteiger partial charge in [0, 0.05) is 30.7 Å². The lowest BCUT2D eigenvalue weighted by Gasteiger charge is -2.35. The van der Waals surface area contributed by atoms with E-state index in [0.29, 0.717) is 25.5 Å². The fraction of sp³-hybridized carbons (Fsp3) is 0.353. The van der Waals surface area contributed by atoms with Gasteiger partial charge in [0.2, 0.25) is 0 Å². The number of ether oxygens (including phenoxy) is 1. The van der Waals surface area contributed by atoms with Crippen LogP contribution in [0.5, 0.6) is 0 Å². The molecule has 0 bridgehead atoms. The minimum absolute atomic E-state index is 0.000330. The van der Waals surface area contributed by atoms with Crippen molar-refractivity contribution in [3.63, 3.8) is 0 Å². The fourth-order valence-electron chi connectivity index (χ4n) is 3.28. The van der Waals surface area contributed by atoms with E-state index in [1.807, 2.05) is 23.2 Å². The van der Waals surface area contributed by atoms with Gasteiger partial charge in [-0.25, -0.2) is 4.68 Å². The monoisotopic (exact) mass is 325 g/mol. The molecule has 0 saturated carbocycles. The number of nitrogens with zero attached hydrogens (tertiary/aromatic N) is 4. The van der Waals surface area contributed by atoms with E-state index in [-0.39, 0.29) is 11.9 Å². The summed E-state index contributed by atoms with van der Waals surface area (Å²) in [4.78, 5) is 18.0. The lowest BCUT2D eigenvalue weighted by Crippen LogP contribution is -2.50. The van der Waals surface area contributed by atoms with Crippen molar-refractivity contribution in [1.82, 2.24) is 24.9 Å². The van der Waals surface area contributed by atoms with Crippen LogP contribution >= 0.6 is 0 Å². The molecule has 3 heterocycles. The number of aromatic nitrogens is 4. The third-order valence-corrected chi connectivity index (χ3v) is 4.55. The molecule has 24 heavy (non-hydrogen) atoms. The van der Waals surface area contributed by atoms with Crippen LogP contribution in [0.25, 0.3) is 10.9 Å². The Morgan fingerprint density at radius 1 is 1.42 bits per heavy atom. The number of carbonyl (C=O) groups excluding carboxylic acids is 1. The Morgan fingerprint density at radius 3 is 3.12 bits per heavy atom. The van der Waals surface area contributed by atoms with Gasteiger partial charge in [0.15, 0.2) is 0 Å². The zero-order chi connectivity index (χ0) is 16.5. The molecule has 1 saturated heterocycles. The fourth-order valence-corrected chi connectivity index (χ4v) is 3.28. The van der Waals surface area contributed by atoms with E-state index < -0.39 is 0 Å². The summed E-state index contributed by atoms with van der Waals surface area (Å²) in [5.41, 5.74) is 2.81. The molecule has 4 rings (SSSR count). The number of aryl methyl sites for hydroxylation is 1. The first kappa shape index (κ1) is 14.9. The number of aromatic amines is 1. The highest BCUT2D eigenvalue weighted by Gasteiger charge is 2.30. The minimum Gasteiger partial charge on any atom is -0.377 e. The predicted molar refractivity (Wildman–Crippen MR) is 88.6 cm³/mol. The lowest BCUT2D eigenvalue weighted by atomic mass is 10.0. The van der Waals surface area contributed by atoms with Gasteiger partial charge in [-0.2, -0.15) is 0 Å². The van der Waals surface area contributed by atoms with Gasteiger partial charge in [0.1, 0.15) is 5.69 Å². The SMILES string of the molecule is Cn1nncc1C(=O)N1CCOCC1Cc1c[nH]c2ccccc12. The van der Waals surface area contributed by atoms with Crippen LogP contribution in [0.15, 0.2) is 36.7 Å². The number of para-hydroxylation sites is 1. The molecule has 1 aliphatic heterocycles. The summed E-state index contributed by atoms with van der Waals surface area (Å²) in [6.07, 6.45) is 4.29. The van der Waals surface area contributed by atoms with E-state index in [1.54, 1.807) is 7.05 Å². The van der Waals surface area contributed by atoms with E-state index in [0.717, 1.165) is 11.9 Å². The summed E-state index contributed by atoms with van der Waals surface area (Å²) in [6, 6.07) is 8.20. The van der Waals surface area contributed by atoms with Crippen LogP contribution in [0.1, 0.15) is 16.1 Å². The predicted octanol–water partition coefficient (Wildman–Crippen LogP) is 1.38. The first-order valence-corrected chi connectivity index (χ1v) is 8.02. The molecule has 0 spiro atoms. The number of amides is 1. The summed E-state index contributed by atoms with van der Waals surface area (Å²) < 4.78 is 7.14. The third kappa shape index (κ3) is 2.56. The number of carbonyl (C=O) groups is 1. The molecule has 1 aromatic carbocycles. The molecule has 0 aliphatic carbocycles. The molecule has 1 amide bonds. The van der Waals surface area contributed by atoms with Gasteiger partial charge in [-0.3, -0.25) is 4.79 Å². The van der Waals surface area contributed by atoms with Gasteiger partial charge in [-0.1, -0.05) is 23.4 Å². The maximum absolute atomic E-state index is 12.8. The summed E-state index contributed by atoms with van der Waals surface area (Å²) in [6.45, 7) is 1.68. The van der Waals surface area contributed by atoms with Gasteiger partial charge in [0.25, 0.3) is 5.91 Å². The van der Waals surface area contributed by atoms with E-state index in [1.165, 1.54) is 21.8 Å². The van der Waals surface area contributed by atoms with Crippen LogP contribution in [-0.4, -0.2) is 56.6 Å². The van der Waals surface area contributed by atoms with Crippen LogP contribution in [0.4, 0.5) is 0 Å². The number of benzene rings is 1. The summed E-state index contributed by atoms with van der Waals surface area (Å²) in [5.74, 6) is -0.0457. The second-order valence-corrected chi connectivity index (χ2v) is 6.03. The van der Waals surface area contributed by atoms with Crippen molar-refractivity contribution in [2.45, 2.75) is 12.5 Å². The molecule has 0 radical (unpaired) electrons. The van der Waals surface area contributed by atoms with Gasteiger partial charge in [-0.05, 0) is 18.1 Å². The van der Waals surface area contributed by atoms with E-state index in [4.69, 9.17) is 4.74 Å². The topological polar surface area (TPSA) is 76.0 Å². The summed E-state index contributed by atoms with van der Waals surface area (Å²) >= 11 is 0. The number of nitrogens with one attached hydrogen (secondary N) is 1. The minimum atomic E-state index is -0.0457. The Balaban J connectivity index is 1.60. The van der Waals surface area contributed by atoms with E-state index in [2.05, 4.69) is 27.4 Å². The molecule has 1 fully saturated rings.